The lowest BCUT2D eigenvalue weighted by molar-refractivity contribution is 0.473. The Bertz CT molecular complexity index is 537. The third-order valence-corrected chi connectivity index (χ3v) is 2.20. The molecule has 74 valence electrons. The number of aryl methyl sites for hydroxylation is 1. The molecule has 0 aliphatic heterocycles. The summed E-state index contributed by atoms with van der Waals surface area (Å²) in [6.45, 7) is 0. The minimum Gasteiger partial charge on any atom is -0.507 e. The molecule has 15 heavy (non-hydrogen) atoms. The van der Waals surface area contributed by atoms with Crippen molar-refractivity contribution in [2.45, 2.75) is 0 Å². The molecule has 0 spiro atoms. The largest absolute Gasteiger partial charge is 0.507 e. The summed E-state index contributed by atoms with van der Waals surface area (Å²) in [4.78, 5) is 4.16. The molecule has 2 aromatic rings. The molecule has 0 radical (unpaired) electrons. The van der Waals surface area contributed by atoms with Crippen molar-refractivity contribution in [2.24, 2.45) is 7.05 Å². The fourth-order valence-electron chi connectivity index (χ4n) is 1.41. The molecule has 0 unspecified atom stereocenters. The summed E-state index contributed by atoms with van der Waals surface area (Å²) >= 11 is 0. The lowest BCUT2D eigenvalue weighted by Gasteiger charge is -2.03. The molecule has 0 amide bonds. The first kappa shape index (κ1) is 9.28. The monoisotopic (exact) mass is 199 g/mol. The Morgan fingerprint density at radius 1 is 1.47 bits per heavy atom. The number of benzene rings is 1. The van der Waals surface area contributed by atoms with Gasteiger partial charge in [-0.3, -0.25) is 0 Å². The average Bonchev–Trinajstić information content (AvgIpc) is 2.65. The Labute approximate surface area is 87.0 Å². The van der Waals surface area contributed by atoms with E-state index in [1.807, 2.05) is 23.9 Å². The fourth-order valence-corrected chi connectivity index (χ4v) is 1.41. The number of phenolic OH excluding ortho intramolecular Hbond substituents is 1. The molecule has 0 fully saturated rings. The van der Waals surface area contributed by atoms with Crippen LogP contribution < -0.4 is 0 Å². The maximum Gasteiger partial charge on any atom is 0.139 e. The van der Waals surface area contributed by atoms with Crippen LogP contribution in [0.2, 0.25) is 0 Å². The standard InChI is InChI=1S/C11H9N3O/c1-14-5-4-13-11(14)8-2-3-10(15)9(6-8)7-12/h2-6,15H,1H3. The lowest BCUT2D eigenvalue weighted by atomic mass is 10.1. The first-order valence-corrected chi connectivity index (χ1v) is 4.43. The van der Waals surface area contributed by atoms with Crippen molar-refractivity contribution in [2.75, 3.05) is 0 Å². The van der Waals surface area contributed by atoms with E-state index in [4.69, 9.17) is 5.26 Å². The van der Waals surface area contributed by atoms with Crippen LogP contribution in [0.5, 0.6) is 5.75 Å². The smallest absolute Gasteiger partial charge is 0.139 e. The van der Waals surface area contributed by atoms with Crippen molar-refractivity contribution in [3.63, 3.8) is 0 Å². The van der Waals surface area contributed by atoms with E-state index in [0.29, 0.717) is 0 Å². The van der Waals surface area contributed by atoms with E-state index in [1.165, 1.54) is 6.07 Å². The average molecular weight is 199 g/mol. The number of imidazole rings is 1. The number of aromatic hydroxyl groups is 1. The van der Waals surface area contributed by atoms with Crippen molar-refractivity contribution >= 4 is 0 Å². The first-order valence-electron chi connectivity index (χ1n) is 4.43. The molecule has 0 bridgehead atoms. The number of nitrogens with zero attached hydrogens (tertiary/aromatic N) is 3. The molecule has 0 saturated heterocycles. The van der Waals surface area contributed by atoms with Crippen LogP contribution in [0, 0.1) is 11.3 Å². The fraction of sp³-hybridized carbons (Fsp3) is 0.0909. The van der Waals surface area contributed by atoms with Gasteiger partial charge in [-0.2, -0.15) is 5.26 Å². The van der Waals surface area contributed by atoms with Gasteiger partial charge in [-0.05, 0) is 18.2 Å². The van der Waals surface area contributed by atoms with Gasteiger partial charge in [0.2, 0.25) is 0 Å². The molecule has 0 aliphatic carbocycles. The van der Waals surface area contributed by atoms with Crippen LogP contribution in [-0.4, -0.2) is 14.7 Å². The Morgan fingerprint density at radius 3 is 2.87 bits per heavy atom. The van der Waals surface area contributed by atoms with Crippen molar-refractivity contribution in [1.29, 1.82) is 5.26 Å². The normalized spacial score (nSPS) is 9.87. The van der Waals surface area contributed by atoms with Crippen LogP contribution in [-0.2, 0) is 7.05 Å². The highest BCUT2D eigenvalue weighted by atomic mass is 16.3. The summed E-state index contributed by atoms with van der Waals surface area (Å²) in [6, 6.07) is 6.79. The molecular formula is C11H9N3O. The summed E-state index contributed by atoms with van der Waals surface area (Å²) in [7, 11) is 1.88. The van der Waals surface area contributed by atoms with Gasteiger partial charge in [0.05, 0.1) is 5.56 Å². The van der Waals surface area contributed by atoms with Crippen LogP contribution >= 0.6 is 0 Å². The SMILES string of the molecule is Cn1ccnc1-c1ccc(O)c(C#N)c1. The van der Waals surface area contributed by atoms with E-state index < -0.39 is 0 Å². The van der Waals surface area contributed by atoms with Gasteiger partial charge in [0.1, 0.15) is 17.6 Å². The Hall–Kier alpha value is -2.28. The van der Waals surface area contributed by atoms with E-state index in [0.717, 1.165) is 11.4 Å². The van der Waals surface area contributed by atoms with E-state index in [2.05, 4.69) is 4.98 Å². The Balaban J connectivity index is 2.57. The highest BCUT2D eigenvalue weighted by Crippen LogP contribution is 2.23. The summed E-state index contributed by atoms with van der Waals surface area (Å²) in [5.74, 6) is 0.766. The second-order valence-corrected chi connectivity index (χ2v) is 3.21. The van der Waals surface area contributed by atoms with Crippen molar-refractivity contribution in [3.8, 4) is 23.2 Å². The van der Waals surface area contributed by atoms with Gasteiger partial charge in [-0.15, -0.1) is 0 Å². The van der Waals surface area contributed by atoms with E-state index >= 15 is 0 Å². The van der Waals surface area contributed by atoms with E-state index in [-0.39, 0.29) is 11.3 Å². The second kappa shape index (κ2) is 3.46. The minimum absolute atomic E-state index is 0.00420. The van der Waals surface area contributed by atoms with Gasteiger partial charge in [0.25, 0.3) is 0 Å². The van der Waals surface area contributed by atoms with Crippen molar-refractivity contribution in [3.05, 3.63) is 36.2 Å². The number of aromatic nitrogens is 2. The predicted octanol–water partition coefficient (Wildman–Crippen LogP) is 1.66. The van der Waals surface area contributed by atoms with Crippen LogP contribution in [0.25, 0.3) is 11.4 Å². The lowest BCUT2D eigenvalue weighted by Crippen LogP contribution is -1.91. The van der Waals surface area contributed by atoms with Crippen LogP contribution in [0.15, 0.2) is 30.6 Å². The molecule has 4 nitrogen and oxygen atoms in total. The molecule has 0 aliphatic rings. The number of rotatable bonds is 1. The molecule has 0 atom stereocenters. The molecular weight excluding hydrogens is 190 g/mol. The quantitative estimate of drug-likeness (QED) is 0.759. The van der Waals surface area contributed by atoms with Gasteiger partial charge in [0.15, 0.2) is 0 Å². The zero-order valence-electron chi connectivity index (χ0n) is 8.18. The van der Waals surface area contributed by atoms with Gasteiger partial charge in [-0.25, -0.2) is 4.98 Å². The number of hydrogen-bond acceptors (Lipinski definition) is 3. The molecule has 4 heteroatoms. The van der Waals surface area contributed by atoms with Crippen molar-refractivity contribution < 1.29 is 5.11 Å². The third kappa shape index (κ3) is 1.55. The van der Waals surface area contributed by atoms with E-state index in [9.17, 15) is 5.11 Å². The van der Waals surface area contributed by atoms with Gasteiger partial charge >= 0.3 is 0 Å². The maximum atomic E-state index is 9.35. The zero-order valence-corrected chi connectivity index (χ0v) is 8.18. The number of nitriles is 1. The van der Waals surface area contributed by atoms with Gasteiger partial charge in [-0.1, -0.05) is 0 Å². The number of phenols is 1. The number of hydrogen-bond donors (Lipinski definition) is 1. The first-order chi connectivity index (χ1) is 7.22. The highest BCUT2D eigenvalue weighted by molar-refractivity contribution is 5.61. The Kier molecular flexibility index (Phi) is 2.14. The summed E-state index contributed by atoms with van der Waals surface area (Å²) in [5.41, 5.74) is 1.08. The summed E-state index contributed by atoms with van der Waals surface area (Å²) < 4.78 is 1.85. The minimum atomic E-state index is -0.00420. The molecule has 1 aromatic carbocycles. The molecule has 0 saturated carbocycles. The van der Waals surface area contributed by atoms with Crippen molar-refractivity contribution in [1.82, 2.24) is 9.55 Å². The highest BCUT2D eigenvalue weighted by Gasteiger charge is 2.06. The second-order valence-electron chi connectivity index (χ2n) is 3.21. The van der Waals surface area contributed by atoms with Crippen LogP contribution in [0.3, 0.4) is 0 Å². The summed E-state index contributed by atoms with van der Waals surface area (Å²) in [5, 5.41) is 18.1. The van der Waals surface area contributed by atoms with Gasteiger partial charge < -0.3 is 9.67 Å². The Morgan fingerprint density at radius 2 is 2.27 bits per heavy atom. The molecule has 1 N–H and O–H groups in total. The van der Waals surface area contributed by atoms with E-state index in [1.54, 1.807) is 18.3 Å². The third-order valence-electron chi connectivity index (χ3n) is 2.20. The molecule has 2 rings (SSSR count). The molecule has 1 aromatic heterocycles. The maximum absolute atomic E-state index is 9.35. The van der Waals surface area contributed by atoms with Gasteiger partial charge in [0, 0.05) is 25.0 Å². The molecule has 1 heterocycles. The summed E-state index contributed by atoms with van der Waals surface area (Å²) in [6.07, 6.45) is 3.52. The predicted molar refractivity (Wildman–Crippen MR) is 55.0 cm³/mol. The van der Waals surface area contributed by atoms with Crippen LogP contribution in [0.1, 0.15) is 5.56 Å². The zero-order chi connectivity index (χ0) is 10.8. The van der Waals surface area contributed by atoms with Crippen LogP contribution in [0.4, 0.5) is 0 Å². The topological polar surface area (TPSA) is 61.8 Å².